The number of fused-ring (bicyclic) bond motifs is 4. The van der Waals surface area contributed by atoms with Crippen molar-refractivity contribution in [3.8, 4) is 22.6 Å². The molecule has 2 aromatic carbocycles. The number of hydrogen-bond acceptors (Lipinski definition) is 5. The lowest BCUT2D eigenvalue weighted by atomic mass is 10.1. The number of aromatic nitrogens is 2. The number of urea groups is 1. The molecule has 8 heteroatoms. The summed E-state index contributed by atoms with van der Waals surface area (Å²) in [6, 6.07) is 19.0. The van der Waals surface area contributed by atoms with Gasteiger partial charge in [-0.15, -0.1) is 0 Å². The quantitative estimate of drug-likeness (QED) is 0.428. The molecule has 2 aliphatic heterocycles. The molecular weight excluding hydrogens is 438 g/mol. The van der Waals surface area contributed by atoms with Crippen LogP contribution in [0, 0.1) is 0 Å². The van der Waals surface area contributed by atoms with Gasteiger partial charge in [-0.25, -0.2) is 14.8 Å². The van der Waals surface area contributed by atoms with E-state index in [1.165, 1.54) is 6.39 Å². The van der Waals surface area contributed by atoms with Crippen molar-refractivity contribution in [3.63, 3.8) is 0 Å². The van der Waals surface area contributed by atoms with Gasteiger partial charge in [-0.05, 0) is 42.8 Å². The van der Waals surface area contributed by atoms with E-state index in [0.29, 0.717) is 22.3 Å². The molecule has 2 bridgehead atoms. The minimum absolute atomic E-state index is 0.0667. The molecule has 33 heavy (non-hydrogen) atoms. The molecule has 0 radical (unpaired) electrons. The van der Waals surface area contributed by atoms with Crippen LogP contribution in [0.2, 0.25) is 5.02 Å². The van der Waals surface area contributed by atoms with Crippen LogP contribution in [0.4, 0.5) is 22.0 Å². The number of oxazole rings is 1. The van der Waals surface area contributed by atoms with Gasteiger partial charge in [0.15, 0.2) is 18.0 Å². The highest BCUT2D eigenvalue weighted by Gasteiger charge is 2.40. The molecule has 1 fully saturated rings. The summed E-state index contributed by atoms with van der Waals surface area (Å²) in [5, 5.41) is 3.70. The summed E-state index contributed by atoms with van der Waals surface area (Å²) in [6.45, 7) is 1.71. The second-order valence-corrected chi connectivity index (χ2v) is 8.62. The van der Waals surface area contributed by atoms with Gasteiger partial charge in [0.25, 0.3) is 0 Å². The van der Waals surface area contributed by atoms with Crippen molar-refractivity contribution >= 4 is 34.8 Å². The molecule has 4 heterocycles. The maximum Gasteiger partial charge on any atom is 0.327 e. The molecule has 7 nitrogen and oxygen atoms in total. The van der Waals surface area contributed by atoms with Gasteiger partial charge in [-0.3, -0.25) is 4.90 Å². The minimum Gasteiger partial charge on any atom is -0.444 e. The first-order chi connectivity index (χ1) is 16.2. The molecule has 1 N–H and O–H groups in total. The predicted octanol–water partition coefficient (Wildman–Crippen LogP) is 5.69. The molecule has 0 unspecified atom stereocenters. The summed E-state index contributed by atoms with van der Waals surface area (Å²) >= 11 is 6.19. The second-order valence-electron chi connectivity index (χ2n) is 8.18. The van der Waals surface area contributed by atoms with Gasteiger partial charge in [0.05, 0.1) is 23.6 Å². The van der Waals surface area contributed by atoms with Crippen LogP contribution >= 0.6 is 11.6 Å². The molecule has 1 saturated heterocycles. The van der Waals surface area contributed by atoms with E-state index in [9.17, 15) is 4.79 Å². The number of carbonyl (C=O) groups excluding carboxylic acids is 1. The third kappa shape index (κ3) is 3.60. The number of hydrogen-bond donors (Lipinski definition) is 1. The Morgan fingerprint density at radius 3 is 2.82 bits per heavy atom. The number of nitrogens with zero attached hydrogens (tertiary/aromatic N) is 4. The van der Waals surface area contributed by atoms with Crippen molar-refractivity contribution in [3.05, 3.63) is 78.3 Å². The lowest BCUT2D eigenvalue weighted by Crippen LogP contribution is -2.48. The van der Waals surface area contributed by atoms with Crippen molar-refractivity contribution in [1.82, 2.24) is 9.97 Å². The van der Waals surface area contributed by atoms with Crippen LogP contribution in [0.1, 0.15) is 6.42 Å². The molecule has 164 valence electrons. The standard InChI is InChI=1S/C25H20ClN5O2/c26-18-5-1-3-16(11-18)21-7-8-22-24(29-21)31(20-9-10-30(22)14-20)25(32)28-19-6-2-4-17(12-19)23-13-27-15-33-23/h1-8,11-13,15,20H,9-10,14H2,(H,28,32)/t20-/m1/s1. The maximum atomic E-state index is 13.5. The van der Waals surface area contributed by atoms with E-state index < -0.39 is 0 Å². The van der Waals surface area contributed by atoms with Gasteiger partial charge in [-0.2, -0.15) is 0 Å². The lowest BCUT2D eigenvalue weighted by Gasteiger charge is -2.36. The minimum atomic E-state index is -0.201. The van der Waals surface area contributed by atoms with Crippen molar-refractivity contribution in [2.45, 2.75) is 12.5 Å². The van der Waals surface area contributed by atoms with Crippen LogP contribution in [0.5, 0.6) is 0 Å². The molecule has 0 saturated carbocycles. The fourth-order valence-corrected chi connectivity index (χ4v) is 4.76. The first-order valence-corrected chi connectivity index (χ1v) is 11.1. The number of rotatable bonds is 3. The average Bonchev–Trinajstić information content (AvgIpc) is 3.51. The number of carbonyl (C=O) groups is 1. The molecule has 2 aliphatic rings. The van der Waals surface area contributed by atoms with E-state index in [2.05, 4.69) is 15.2 Å². The Morgan fingerprint density at radius 2 is 1.97 bits per heavy atom. The van der Waals surface area contributed by atoms with Gasteiger partial charge in [0.1, 0.15) is 0 Å². The topological polar surface area (TPSA) is 74.5 Å². The zero-order valence-corrected chi connectivity index (χ0v) is 18.4. The smallest absolute Gasteiger partial charge is 0.327 e. The van der Waals surface area contributed by atoms with E-state index in [1.54, 1.807) is 11.1 Å². The summed E-state index contributed by atoms with van der Waals surface area (Å²) in [5.41, 5.74) is 4.20. The number of amides is 2. The van der Waals surface area contributed by atoms with Gasteiger partial charge in [-0.1, -0.05) is 35.9 Å². The van der Waals surface area contributed by atoms with Crippen molar-refractivity contribution in [1.29, 1.82) is 0 Å². The van der Waals surface area contributed by atoms with Crippen LogP contribution in [0.15, 0.2) is 77.7 Å². The molecule has 1 atom stereocenters. The second kappa shape index (κ2) is 7.94. The van der Waals surface area contributed by atoms with Gasteiger partial charge in [0.2, 0.25) is 0 Å². The molecule has 2 aromatic heterocycles. The van der Waals surface area contributed by atoms with Crippen molar-refractivity contribution in [2.24, 2.45) is 0 Å². The Labute approximate surface area is 195 Å². The molecule has 2 amide bonds. The van der Waals surface area contributed by atoms with Crippen molar-refractivity contribution in [2.75, 3.05) is 28.2 Å². The highest BCUT2D eigenvalue weighted by molar-refractivity contribution is 6.30. The Kier molecular flexibility index (Phi) is 4.77. The summed E-state index contributed by atoms with van der Waals surface area (Å²) in [7, 11) is 0. The SMILES string of the molecule is O=C(Nc1cccc(-c2cnco2)c1)N1c2nc(-c3cccc(Cl)c3)ccc2N2CC[C@@H]1C2. The zero-order chi connectivity index (χ0) is 22.4. The highest BCUT2D eigenvalue weighted by atomic mass is 35.5. The molecule has 6 rings (SSSR count). The fourth-order valence-electron chi connectivity index (χ4n) is 4.57. The molecular formula is C25H20ClN5O2. The molecule has 0 spiro atoms. The van der Waals surface area contributed by atoms with Crippen LogP contribution in [-0.4, -0.2) is 35.1 Å². The van der Waals surface area contributed by atoms with Crippen LogP contribution < -0.4 is 15.1 Å². The van der Waals surface area contributed by atoms with Gasteiger partial charge < -0.3 is 14.6 Å². The highest BCUT2D eigenvalue weighted by Crippen LogP contribution is 2.40. The third-order valence-electron chi connectivity index (χ3n) is 6.12. The van der Waals surface area contributed by atoms with E-state index in [4.69, 9.17) is 21.0 Å². The number of nitrogens with one attached hydrogen (secondary N) is 1. The summed E-state index contributed by atoms with van der Waals surface area (Å²) in [6.07, 6.45) is 3.94. The largest absolute Gasteiger partial charge is 0.444 e. The van der Waals surface area contributed by atoms with E-state index in [0.717, 1.165) is 42.0 Å². The predicted molar refractivity (Wildman–Crippen MR) is 129 cm³/mol. The monoisotopic (exact) mass is 457 g/mol. The Bertz CT molecular complexity index is 1340. The normalized spacial score (nSPS) is 16.6. The Balaban J connectivity index is 1.34. The van der Waals surface area contributed by atoms with Crippen LogP contribution in [-0.2, 0) is 0 Å². The zero-order valence-electron chi connectivity index (χ0n) is 17.6. The van der Waals surface area contributed by atoms with Gasteiger partial charge in [0, 0.05) is 34.9 Å². The van der Waals surface area contributed by atoms with E-state index in [1.807, 2.05) is 60.7 Å². The number of halogens is 1. The van der Waals surface area contributed by atoms with Gasteiger partial charge >= 0.3 is 6.03 Å². The first-order valence-electron chi connectivity index (χ1n) is 10.8. The average molecular weight is 458 g/mol. The third-order valence-corrected chi connectivity index (χ3v) is 6.36. The van der Waals surface area contributed by atoms with E-state index >= 15 is 0 Å². The lowest BCUT2D eigenvalue weighted by molar-refractivity contribution is 0.255. The van der Waals surface area contributed by atoms with Crippen molar-refractivity contribution < 1.29 is 9.21 Å². The summed E-state index contributed by atoms with van der Waals surface area (Å²) in [4.78, 5) is 26.5. The number of benzene rings is 2. The maximum absolute atomic E-state index is 13.5. The van der Waals surface area contributed by atoms with Crippen LogP contribution in [0.25, 0.3) is 22.6 Å². The molecule has 0 aliphatic carbocycles. The Hall–Kier alpha value is -3.84. The van der Waals surface area contributed by atoms with Crippen LogP contribution in [0.3, 0.4) is 0 Å². The summed E-state index contributed by atoms with van der Waals surface area (Å²) in [5.74, 6) is 1.32. The molecule has 4 aromatic rings. The number of anilines is 3. The van der Waals surface area contributed by atoms with E-state index in [-0.39, 0.29) is 12.1 Å². The summed E-state index contributed by atoms with van der Waals surface area (Å²) < 4.78 is 5.39. The first kappa shape index (κ1) is 19.8. The Morgan fingerprint density at radius 1 is 1.09 bits per heavy atom. The fraction of sp³-hybridized carbons (Fsp3) is 0.160. The number of pyridine rings is 1.